The monoisotopic (exact) mass is 423 g/mol. The first kappa shape index (κ1) is 20.8. The van der Waals surface area contributed by atoms with Crippen molar-refractivity contribution < 1.29 is 14.6 Å². The maximum absolute atomic E-state index is 10.6. The number of aliphatic imine (C=N–C) groups is 1. The number of hydrogen-bond donors (Lipinski definition) is 3. The highest BCUT2D eigenvalue weighted by atomic mass is 35.5. The molecule has 1 unspecified atom stereocenters. The van der Waals surface area contributed by atoms with Gasteiger partial charge in [0.1, 0.15) is 18.8 Å². The first-order chi connectivity index (χ1) is 13.5. The molecule has 2 heterocycles. The number of rotatable bonds is 7. The summed E-state index contributed by atoms with van der Waals surface area (Å²) in [6, 6.07) is 5.79. The van der Waals surface area contributed by atoms with E-state index in [2.05, 4.69) is 15.6 Å². The summed E-state index contributed by atoms with van der Waals surface area (Å²) in [4.78, 5) is 4.54. The van der Waals surface area contributed by atoms with Crippen molar-refractivity contribution in [2.45, 2.75) is 25.9 Å². The number of aliphatic hydroxyl groups is 1. The van der Waals surface area contributed by atoms with Crippen LogP contribution in [-0.2, 0) is 12.0 Å². The van der Waals surface area contributed by atoms with E-state index in [4.69, 9.17) is 21.1 Å². The predicted molar refractivity (Wildman–Crippen MR) is 114 cm³/mol. The summed E-state index contributed by atoms with van der Waals surface area (Å²) < 4.78 is 11.2. The fraction of sp³-hybridized carbons (Fsp3) is 0.450. The van der Waals surface area contributed by atoms with Crippen molar-refractivity contribution >= 4 is 28.9 Å². The number of guanidine groups is 1. The molecule has 3 N–H and O–H groups in total. The van der Waals surface area contributed by atoms with Crippen LogP contribution in [0.4, 0.5) is 0 Å². The summed E-state index contributed by atoms with van der Waals surface area (Å²) >= 11 is 7.86. The number of nitrogens with zero attached hydrogens (tertiary/aromatic N) is 1. The lowest BCUT2D eigenvalue weighted by molar-refractivity contribution is 0.0677. The van der Waals surface area contributed by atoms with Gasteiger partial charge in [-0.15, -0.1) is 0 Å². The van der Waals surface area contributed by atoms with Crippen LogP contribution in [0, 0.1) is 0 Å². The van der Waals surface area contributed by atoms with E-state index in [0.29, 0.717) is 42.2 Å². The third-order valence-corrected chi connectivity index (χ3v) is 5.36. The molecule has 6 nitrogen and oxygen atoms in total. The van der Waals surface area contributed by atoms with Gasteiger partial charge < -0.3 is 25.2 Å². The van der Waals surface area contributed by atoms with Gasteiger partial charge in [-0.1, -0.05) is 11.6 Å². The first-order valence-corrected chi connectivity index (χ1v) is 10.7. The number of thiophene rings is 1. The van der Waals surface area contributed by atoms with Gasteiger partial charge in [-0.3, -0.25) is 0 Å². The molecule has 1 aliphatic rings. The zero-order valence-electron chi connectivity index (χ0n) is 16.1. The number of halogens is 1. The highest BCUT2D eigenvalue weighted by molar-refractivity contribution is 7.08. The molecule has 0 aliphatic carbocycles. The van der Waals surface area contributed by atoms with Gasteiger partial charge in [0, 0.05) is 13.1 Å². The van der Waals surface area contributed by atoms with E-state index < -0.39 is 5.60 Å². The molecule has 28 heavy (non-hydrogen) atoms. The predicted octanol–water partition coefficient (Wildman–Crippen LogP) is 3.18. The Balaban J connectivity index is 1.58. The van der Waals surface area contributed by atoms with Crippen molar-refractivity contribution in [1.29, 1.82) is 0 Å². The Bertz CT molecular complexity index is 809. The van der Waals surface area contributed by atoms with E-state index in [1.54, 1.807) is 18.3 Å². The molecule has 2 aromatic rings. The maximum Gasteiger partial charge on any atom is 0.191 e. The fourth-order valence-corrected chi connectivity index (χ4v) is 3.94. The third-order valence-electron chi connectivity index (χ3n) is 4.40. The van der Waals surface area contributed by atoms with Crippen molar-refractivity contribution in [3.05, 3.63) is 45.1 Å². The molecule has 1 aliphatic heterocycles. The Morgan fingerprint density at radius 1 is 1.32 bits per heavy atom. The van der Waals surface area contributed by atoms with Gasteiger partial charge in [0.25, 0.3) is 0 Å². The second-order valence-electron chi connectivity index (χ2n) is 6.76. The molecule has 0 saturated carbocycles. The SMILES string of the molecule is CCNC(=NCC(C)(O)c1ccsc1)NCCc1cc(Cl)c2c(c1)OCCO2. The number of benzene rings is 1. The molecule has 8 heteroatoms. The third kappa shape index (κ3) is 5.31. The molecule has 0 fully saturated rings. The summed E-state index contributed by atoms with van der Waals surface area (Å²) in [5.41, 5.74) is 0.942. The zero-order chi connectivity index (χ0) is 20.0. The van der Waals surface area contributed by atoms with Gasteiger partial charge in [-0.25, -0.2) is 4.99 Å². The highest BCUT2D eigenvalue weighted by Gasteiger charge is 2.23. The number of fused-ring (bicyclic) bond motifs is 1. The second-order valence-corrected chi connectivity index (χ2v) is 7.95. The van der Waals surface area contributed by atoms with Gasteiger partial charge in [0.05, 0.1) is 11.6 Å². The van der Waals surface area contributed by atoms with Crippen LogP contribution in [0.2, 0.25) is 5.02 Å². The Labute approximate surface area is 174 Å². The normalized spacial score (nSPS) is 15.8. The van der Waals surface area contributed by atoms with Gasteiger partial charge in [-0.05, 0) is 60.4 Å². The van der Waals surface area contributed by atoms with Crippen LogP contribution in [0.1, 0.15) is 25.0 Å². The molecular weight excluding hydrogens is 398 g/mol. The highest BCUT2D eigenvalue weighted by Crippen LogP contribution is 2.38. The molecule has 1 aromatic heterocycles. The summed E-state index contributed by atoms with van der Waals surface area (Å²) in [6.07, 6.45) is 0.752. The van der Waals surface area contributed by atoms with Crippen LogP contribution in [0.3, 0.4) is 0 Å². The maximum atomic E-state index is 10.6. The van der Waals surface area contributed by atoms with E-state index in [-0.39, 0.29) is 6.54 Å². The molecule has 0 radical (unpaired) electrons. The Kier molecular flexibility index (Phi) is 7.04. The van der Waals surface area contributed by atoms with Gasteiger partial charge >= 0.3 is 0 Å². The minimum absolute atomic E-state index is 0.273. The average Bonchev–Trinajstić information content (AvgIpc) is 3.22. The Morgan fingerprint density at radius 3 is 2.89 bits per heavy atom. The van der Waals surface area contributed by atoms with E-state index in [1.165, 1.54) is 0 Å². The molecule has 152 valence electrons. The van der Waals surface area contributed by atoms with Crippen LogP contribution in [0.25, 0.3) is 0 Å². The zero-order valence-corrected chi connectivity index (χ0v) is 17.7. The van der Waals surface area contributed by atoms with Crippen molar-refractivity contribution in [3.63, 3.8) is 0 Å². The van der Waals surface area contributed by atoms with E-state index in [1.807, 2.05) is 35.9 Å². The lowest BCUT2D eigenvalue weighted by Crippen LogP contribution is -2.39. The van der Waals surface area contributed by atoms with E-state index in [9.17, 15) is 5.11 Å². The van der Waals surface area contributed by atoms with Gasteiger partial charge in [0.2, 0.25) is 0 Å². The second kappa shape index (κ2) is 9.49. The largest absolute Gasteiger partial charge is 0.486 e. The minimum Gasteiger partial charge on any atom is -0.486 e. The molecule has 0 spiro atoms. The molecule has 0 amide bonds. The lowest BCUT2D eigenvalue weighted by atomic mass is 10.00. The van der Waals surface area contributed by atoms with Crippen molar-refractivity contribution in [2.75, 3.05) is 32.8 Å². The Hall–Kier alpha value is -1.96. The quantitative estimate of drug-likeness (QED) is 0.471. The molecule has 3 rings (SSSR count). The standard InChI is InChI=1S/C20H26ClN3O3S/c1-3-22-19(24-13-20(2,25)15-5-9-28-12-15)23-6-4-14-10-16(21)18-17(11-14)26-7-8-27-18/h5,9-12,25H,3-4,6-8,13H2,1-2H3,(H2,22,23,24). The molecule has 1 aromatic carbocycles. The van der Waals surface area contributed by atoms with Crippen molar-refractivity contribution in [1.82, 2.24) is 10.6 Å². The van der Waals surface area contributed by atoms with Crippen molar-refractivity contribution in [3.8, 4) is 11.5 Å². The number of hydrogen-bond acceptors (Lipinski definition) is 5. The fourth-order valence-electron chi connectivity index (χ4n) is 2.87. The summed E-state index contributed by atoms with van der Waals surface area (Å²) in [5.74, 6) is 1.98. The van der Waals surface area contributed by atoms with Crippen LogP contribution in [0.15, 0.2) is 34.0 Å². The molecule has 0 saturated heterocycles. The van der Waals surface area contributed by atoms with Gasteiger partial charge in [-0.2, -0.15) is 11.3 Å². The molecule has 0 bridgehead atoms. The van der Waals surface area contributed by atoms with E-state index in [0.717, 1.165) is 24.1 Å². The summed E-state index contributed by atoms with van der Waals surface area (Å²) in [5, 5.41) is 21.6. The van der Waals surface area contributed by atoms with Crippen LogP contribution in [-0.4, -0.2) is 43.9 Å². The van der Waals surface area contributed by atoms with Crippen molar-refractivity contribution in [2.24, 2.45) is 4.99 Å². The summed E-state index contributed by atoms with van der Waals surface area (Å²) in [7, 11) is 0. The van der Waals surface area contributed by atoms with Crippen LogP contribution >= 0.6 is 22.9 Å². The van der Waals surface area contributed by atoms with Gasteiger partial charge in [0.15, 0.2) is 17.5 Å². The van der Waals surface area contributed by atoms with E-state index >= 15 is 0 Å². The topological polar surface area (TPSA) is 75.1 Å². The number of nitrogens with one attached hydrogen (secondary N) is 2. The van der Waals surface area contributed by atoms with Crippen LogP contribution < -0.4 is 20.1 Å². The lowest BCUT2D eigenvalue weighted by Gasteiger charge is -2.21. The minimum atomic E-state index is -0.994. The molecule has 1 atom stereocenters. The first-order valence-electron chi connectivity index (χ1n) is 9.35. The van der Waals surface area contributed by atoms with Crippen LogP contribution in [0.5, 0.6) is 11.5 Å². The summed E-state index contributed by atoms with van der Waals surface area (Å²) in [6.45, 7) is 6.52. The molecular formula is C20H26ClN3O3S. The average molecular weight is 424 g/mol. The smallest absolute Gasteiger partial charge is 0.191 e. The number of ether oxygens (including phenoxy) is 2. The Morgan fingerprint density at radius 2 is 2.14 bits per heavy atom.